The van der Waals surface area contributed by atoms with Gasteiger partial charge in [0.1, 0.15) is 11.8 Å². The fourth-order valence-electron chi connectivity index (χ4n) is 1.08. The lowest BCUT2D eigenvalue weighted by Crippen LogP contribution is -2.27. The van der Waals surface area contributed by atoms with Crippen LogP contribution in [0.1, 0.15) is 6.92 Å². The molecule has 0 aromatic heterocycles. The number of carbonyl (C=O) groups is 1. The van der Waals surface area contributed by atoms with Gasteiger partial charge < -0.3 is 0 Å². The highest BCUT2D eigenvalue weighted by molar-refractivity contribution is 6.41. The summed E-state index contributed by atoms with van der Waals surface area (Å²) in [4.78, 5) is 22.9. The molecule has 0 N–H and O–H groups in total. The van der Waals surface area contributed by atoms with Crippen LogP contribution in [-0.4, -0.2) is 29.7 Å². The van der Waals surface area contributed by atoms with E-state index >= 15 is 0 Å². The van der Waals surface area contributed by atoms with Gasteiger partial charge in [0.05, 0.1) is 0 Å². The molecule has 0 aliphatic carbocycles. The van der Waals surface area contributed by atoms with Gasteiger partial charge >= 0.3 is 0 Å². The van der Waals surface area contributed by atoms with Gasteiger partial charge in [-0.05, 0) is 13.0 Å². The van der Waals surface area contributed by atoms with E-state index < -0.39 is 0 Å². The molecule has 1 atom stereocenters. The average molecular weight is 161 g/mol. The highest BCUT2D eigenvalue weighted by Gasteiger charge is 2.21. The molecule has 1 amide bonds. The maximum Gasteiger partial charge on any atom is 0.292 e. The quantitative estimate of drug-likeness (QED) is 0.507. The molecule has 0 bridgehead atoms. The minimum absolute atomic E-state index is 0.146. The molecule has 2 aliphatic rings. The van der Waals surface area contributed by atoms with E-state index in [2.05, 4.69) is 15.0 Å². The maximum atomic E-state index is 11.0. The first-order chi connectivity index (χ1) is 5.77. The van der Waals surface area contributed by atoms with Crippen LogP contribution in [0, 0.1) is 0 Å². The van der Waals surface area contributed by atoms with Gasteiger partial charge in [0.15, 0.2) is 5.84 Å². The molecular weight excluding hydrogens is 154 g/mol. The summed E-state index contributed by atoms with van der Waals surface area (Å²) in [5, 5.41) is 0. The molecule has 0 fully saturated rings. The molecule has 0 saturated heterocycles. The lowest BCUT2D eigenvalue weighted by atomic mass is 10.2. The molecule has 0 aromatic carbocycles. The third kappa shape index (κ3) is 1.01. The van der Waals surface area contributed by atoms with Crippen molar-refractivity contribution < 1.29 is 4.79 Å². The molecule has 2 heterocycles. The Labute approximate surface area is 69.4 Å². The smallest absolute Gasteiger partial charge is 0.269 e. The van der Waals surface area contributed by atoms with Crippen molar-refractivity contribution in [3.63, 3.8) is 0 Å². The number of amidine groups is 1. The first-order valence-electron chi connectivity index (χ1n) is 3.65. The second-order valence-electron chi connectivity index (χ2n) is 2.60. The van der Waals surface area contributed by atoms with Crippen LogP contribution in [0.25, 0.3) is 0 Å². The Morgan fingerprint density at radius 2 is 2.33 bits per heavy atom. The van der Waals surface area contributed by atoms with Crippen molar-refractivity contribution in [1.82, 2.24) is 0 Å². The predicted octanol–water partition coefficient (Wildman–Crippen LogP) is 0.395. The molecule has 2 aliphatic heterocycles. The van der Waals surface area contributed by atoms with E-state index in [-0.39, 0.29) is 11.9 Å². The van der Waals surface area contributed by atoms with Gasteiger partial charge in [0.25, 0.3) is 5.91 Å². The van der Waals surface area contributed by atoms with Gasteiger partial charge in [-0.3, -0.25) is 9.79 Å². The Morgan fingerprint density at radius 3 is 3.17 bits per heavy atom. The lowest BCUT2D eigenvalue weighted by Gasteiger charge is -2.14. The van der Waals surface area contributed by atoms with Gasteiger partial charge in [-0.15, -0.1) is 0 Å². The Morgan fingerprint density at radius 1 is 1.50 bits per heavy atom. The number of amides is 1. The van der Waals surface area contributed by atoms with Gasteiger partial charge in [0.2, 0.25) is 0 Å². The summed E-state index contributed by atoms with van der Waals surface area (Å²) in [7, 11) is 0. The highest BCUT2D eigenvalue weighted by atomic mass is 16.1. The number of hydrogen-bond donors (Lipinski definition) is 0. The molecule has 12 heavy (non-hydrogen) atoms. The zero-order valence-corrected chi connectivity index (χ0v) is 6.56. The molecule has 4 nitrogen and oxygen atoms in total. The van der Waals surface area contributed by atoms with Crippen molar-refractivity contribution in [1.29, 1.82) is 0 Å². The molecule has 0 saturated carbocycles. The standard InChI is InChI=1S/C8H7N3O/c1-5-8(12)11-7-6(10-5)3-2-4-9-7/h2-4,6H,1H3. The van der Waals surface area contributed by atoms with Crippen LogP contribution in [0.3, 0.4) is 0 Å². The molecule has 0 aromatic rings. The minimum Gasteiger partial charge on any atom is -0.269 e. The summed E-state index contributed by atoms with van der Waals surface area (Å²) in [5.41, 5.74) is 0.450. The van der Waals surface area contributed by atoms with Crippen molar-refractivity contribution in [3.05, 3.63) is 12.2 Å². The second kappa shape index (κ2) is 2.48. The number of aliphatic imine (C=N–C) groups is 3. The van der Waals surface area contributed by atoms with Gasteiger partial charge in [0, 0.05) is 6.21 Å². The van der Waals surface area contributed by atoms with Crippen LogP contribution in [0.4, 0.5) is 0 Å². The molecule has 0 radical (unpaired) electrons. The maximum absolute atomic E-state index is 11.0. The summed E-state index contributed by atoms with van der Waals surface area (Å²) in [6.07, 6.45) is 5.27. The van der Waals surface area contributed by atoms with Crippen LogP contribution in [0.5, 0.6) is 0 Å². The van der Waals surface area contributed by atoms with E-state index in [0.29, 0.717) is 11.5 Å². The summed E-state index contributed by atoms with van der Waals surface area (Å²) >= 11 is 0. The average Bonchev–Trinajstić information content (AvgIpc) is 2.07. The van der Waals surface area contributed by atoms with Crippen molar-refractivity contribution in [3.8, 4) is 0 Å². The Bertz CT molecular complexity index is 349. The second-order valence-corrected chi connectivity index (χ2v) is 2.60. The van der Waals surface area contributed by atoms with Gasteiger partial charge in [-0.2, -0.15) is 4.99 Å². The normalized spacial score (nSPS) is 26.4. The SMILES string of the molecule is CC1=NC2C=CC=NC2=NC1=O. The van der Waals surface area contributed by atoms with Crippen LogP contribution in [-0.2, 0) is 4.79 Å². The van der Waals surface area contributed by atoms with E-state index in [4.69, 9.17) is 0 Å². The topological polar surface area (TPSA) is 54.1 Å². The first-order valence-corrected chi connectivity index (χ1v) is 3.65. The van der Waals surface area contributed by atoms with Crippen molar-refractivity contribution in [2.45, 2.75) is 13.0 Å². The Hall–Kier alpha value is -1.58. The van der Waals surface area contributed by atoms with E-state index in [1.165, 1.54) is 0 Å². The van der Waals surface area contributed by atoms with Crippen LogP contribution in [0.2, 0.25) is 0 Å². The number of rotatable bonds is 0. The van der Waals surface area contributed by atoms with Crippen molar-refractivity contribution in [2.75, 3.05) is 0 Å². The highest BCUT2D eigenvalue weighted by Crippen LogP contribution is 2.09. The van der Waals surface area contributed by atoms with Crippen LogP contribution < -0.4 is 0 Å². The first kappa shape index (κ1) is 7.09. The number of fused-ring (bicyclic) bond motifs is 1. The van der Waals surface area contributed by atoms with Crippen LogP contribution in [0.15, 0.2) is 27.1 Å². The van der Waals surface area contributed by atoms with E-state index in [1.54, 1.807) is 19.2 Å². The summed E-state index contributed by atoms with van der Waals surface area (Å²) < 4.78 is 0. The number of allylic oxidation sites excluding steroid dienone is 1. The predicted molar refractivity (Wildman–Crippen MR) is 47.0 cm³/mol. The molecule has 2 rings (SSSR count). The Kier molecular flexibility index (Phi) is 1.46. The third-order valence-electron chi connectivity index (χ3n) is 1.71. The van der Waals surface area contributed by atoms with Crippen LogP contribution >= 0.6 is 0 Å². The zero-order valence-electron chi connectivity index (χ0n) is 6.56. The summed E-state index contributed by atoms with van der Waals surface area (Å²) in [6, 6.07) is -0.146. The molecular formula is C8H7N3O. The summed E-state index contributed by atoms with van der Waals surface area (Å²) in [6.45, 7) is 1.66. The molecule has 60 valence electrons. The molecule has 0 spiro atoms. The zero-order chi connectivity index (χ0) is 8.55. The molecule has 4 heteroatoms. The number of hydrogen-bond acceptors (Lipinski definition) is 3. The lowest BCUT2D eigenvalue weighted by molar-refractivity contribution is -0.111. The fraction of sp³-hybridized carbons (Fsp3) is 0.250. The summed E-state index contributed by atoms with van der Waals surface area (Å²) in [5.74, 6) is 0.210. The monoisotopic (exact) mass is 161 g/mol. The minimum atomic E-state index is -0.284. The number of carbonyl (C=O) groups excluding carboxylic acids is 1. The molecule has 1 unspecified atom stereocenters. The van der Waals surface area contributed by atoms with E-state index in [1.807, 2.05) is 6.08 Å². The van der Waals surface area contributed by atoms with Gasteiger partial charge in [-0.25, -0.2) is 4.99 Å². The number of nitrogens with zero attached hydrogens (tertiary/aromatic N) is 3. The third-order valence-corrected chi connectivity index (χ3v) is 1.71. The van der Waals surface area contributed by atoms with E-state index in [0.717, 1.165) is 0 Å². The van der Waals surface area contributed by atoms with E-state index in [9.17, 15) is 4.79 Å². The largest absolute Gasteiger partial charge is 0.292 e. The Balaban J connectivity index is 2.41. The van der Waals surface area contributed by atoms with Gasteiger partial charge in [-0.1, -0.05) is 6.08 Å². The van der Waals surface area contributed by atoms with Crippen molar-refractivity contribution in [2.24, 2.45) is 15.0 Å². The number of dihydropyridines is 1. The fourth-order valence-corrected chi connectivity index (χ4v) is 1.08. The van der Waals surface area contributed by atoms with Crippen molar-refractivity contribution >= 4 is 23.7 Å².